The van der Waals surface area contributed by atoms with Crippen LogP contribution in [0.1, 0.15) is 52.3 Å². The highest BCUT2D eigenvalue weighted by molar-refractivity contribution is 8.13. The fraction of sp³-hybridized carbons (Fsp3) is 0.750. The van der Waals surface area contributed by atoms with Crippen molar-refractivity contribution in [1.82, 2.24) is 9.78 Å². The van der Waals surface area contributed by atoms with E-state index >= 15 is 0 Å². The van der Waals surface area contributed by atoms with Crippen LogP contribution in [0.15, 0.2) is 11.1 Å². The number of nitrogens with zero attached hydrogens (tertiary/aromatic N) is 2. The molecule has 1 rings (SSSR count). The molecular weight excluding hydrogens is 288 g/mol. The van der Waals surface area contributed by atoms with E-state index in [9.17, 15) is 8.42 Å². The minimum atomic E-state index is -3.80. The Morgan fingerprint density at radius 3 is 2.47 bits per heavy atom. The van der Waals surface area contributed by atoms with Crippen molar-refractivity contribution in [3.63, 3.8) is 0 Å². The van der Waals surface area contributed by atoms with Gasteiger partial charge < -0.3 is 4.74 Å². The van der Waals surface area contributed by atoms with E-state index in [4.69, 9.17) is 15.4 Å². The van der Waals surface area contributed by atoms with Crippen LogP contribution in [0.2, 0.25) is 0 Å². The van der Waals surface area contributed by atoms with E-state index in [1.165, 1.54) is 6.20 Å². The lowest BCUT2D eigenvalue weighted by atomic mass is 10.3. The van der Waals surface area contributed by atoms with Crippen molar-refractivity contribution in [2.75, 3.05) is 0 Å². The predicted molar refractivity (Wildman–Crippen MR) is 74.8 cm³/mol. The number of hydrogen-bond acceptors (Lipinski definition) is 4. The maximum Gasteiger partial charge on any atom is 0.264 e. The lowest BCUT2D eigenvalue weighted by Crippen LogP contribution is -2.09. The monoisotopic (exact) mass is 308 g/mol. The fourth-order valence-electron chi connectivity index (χ4n) is 1.47. The molecule has 0 N–H and O–H groups in total. The summed E-state index contributed by atoms with van der Waals surface area (Å²) in [7, 11) is 1.64. The van der Waals surface area contributed by atoms with Crippen LogP contribution in [0.3, 0.4) is 0 Å². The predicted octanol–water partition coefficient (Wildman–Crippen LogP) is 3.10. The molecule has 1 heterocycles. The molecular formula is C12H21ClN2O3S. The first kappa shape index (κ1) is 16.5. The number of aromatic nitrogens is 2. The molecule has 0 bridgehead atoms. The number of ether oxygens (including phenoxy) is 1. The van der Waals surface area contributed by atoms with E-state index in [0.29, 0.717) is 5.69 Å². The molecule has 19 heavy (non-hydrogen) atoms. The molecule has 2 atom stereocenters. The molecule has 0 amide bonds. The van der Waals surface area contributed by atoms with Crippen LogP contribution < -0.4 is 0 Å². The second-order valence-corrected chi connectivity index (χ2v) is 7.18. The van der Waals surface area contributed by atoms with E-state index < -0.39 is 9.05 Å². The third kappa shape index (κ3) is 4.47. The Morgan fingerprint density at radius 1 is 1.37 bits per heavy atom. The molecule has 0 aliphatic heterocycles. The Bertz CT molecular complexity index is 513. The van der Waals surface area contributed by atoms with Gasteiger partial charge in [0, 0.05) is 22.9 Å². The van der Waals surface area contributed by atoms with E-state index in [0.717, 1.165) is 12.8 Å². The van der Waals surface area contributed by atoms with Gasteiger partial charge in [0.1, 0.15) is 10.6 Å². The van der Waals surface area contributed by atoms with Crippen molar-refractivity contribution in [2.45, 2.75) is 64.2 Å². The van der Waals surface area contributed by atoms with Gasteiger partial charge in [-0.25, -0.2) is 8.42 Å². The van der Waals surface area contributed by atoms with Crippen LogP contribution in [0.5, 0.6) is 0 Å². The first-order valence-electron chi connectivity index (χ1n) is 6.43. The standard InChI is InChI=1S/C12H21ClN2O3S/c1-5-9(3)15-7-12(19(13,16)17)11(14-15)8-18-10(4)6-2/h7,9-10H,5-6,8H2,1-4H3. The van der Waals surface area contributed by atoms with Gasteiger partial charge in [-0.1, -0.05) is 13.8 Å². The minimum absolute atomic E-state index is 0.0396. The summed E-state index contributed by atoms with van der Waals surface area (Å²) >= 11 is 0. The lowest BCUT2D eigenvalue weighted by molar-refractivity contribution is 0.0473. The van der Waals surface area contributed by atoms with E-state index in [1.54, 1.807) is 4.68 Å². The summed E-state index contributed by atoms with van der Waals surface area (Å²) in [5, 5.41) is 4.28. The molecule has 0 aliphatic carbocycles. The van der Waals surface area contributed by atoms with E-state index in [-0.39, 0.29) is 23.6 Å². The molecule has 2 unspecified atom stereocenters. The smallest absolute Gasteiger partial charge is 0.264 e. The highest BCUT2D eigenvalue weighted by Crippen LogP contribution is 2.23. The zero-order valence-electron chi connectivity index (χ0n) is 11.8. The maximum atomic E-state index is 11.5. The average Bonchev–Trinajstić information content (AvgIpc) is 2.78. The first-order chi connectivity index (χ1) is 8.79. The van der Waals surface area contributed by atoms with Crippen LogP contribution in [0.25, 0.3) is 0 Å². The molecule has 110 valence electrons. The number of rotatable bonds is 7. The van der Waals surface area contributed by atoms with Gasteiger partial charge in [0.25, 0.3) is 9.05 Å². The summed E-state index contributed by atoms with van der Waals surface area (Å²) < 4.78 is 30.3. The summed E-state index contributed by atoms with van der Waals surface area (Å²) in [5.74, 6) is 0. The Balaban J connectivity index is 3.03. The van der Waals surface area contributed by atoms with Gasteiger partial charge in [-0.15, -0.1) is 0 Å². The van der Waals surface area contributed by atoms with Crippen LogP contribution in [0.4, 0.5) is 0 Å². The molecule has 7 heteroatoms. The lowest BCUT2D eigenvalue weighted by Gasteiger charge is -2.10. The highest BCUT2D eigenvalue weighted by atomic mass is 35.7. The van der Waals surface area contributed by atoms with Crippen molar-refractivity contribution < 1.29 is 13.2 Å². The first-order valence-corrected chi connectivity index (χ1v) is 8.74. The summed E-state index contributed by atoms with van der Waals surface area (Å²) in [5.41, 5.74) is 0.371. The van der Waals surface area contributed by atoms with Crippen LogP contribution in [-0.4, -0.2) is 24.3 Å². The van der Waals surface area contributed by atoms with Gasteiger partial charge in [-0.3, -0.25) is 4.68 Å². The second kappa shape index (κ2) is 6.72. The van der Waals surface area contributed by atoms with Crippen LogP contribution >= 0.6 is 10.7 Å². The van der Waals surface area contributed by atoms with Crippen LogP contribution in [0, 0.1) is 0 Å². The number of halogens is 1. The summed E-state index contributed by atoms with van der Waals surface area (Å²) in [6, 6.07) is 0.120. The van der Waals surface area contributed by atoms with Crippen LogP contribution in [-0.2, 0) is 20.4 Å². The van der Waals surface area contributed by atoms with Crippen molar-refractivity contribution in [3.8, 4) is 0 Å². The third-order valence-electron chi connectivity index (χ3n) is 3.15. The average molecular weight is 309 g/mol. The zero-order chi connectivity index (χ0) is 14.6. The third-order valence-corrected chi connectivity index (χ3v) is 4.52. The molecule has 0 aliphatic rings. The van der Waals surface area contributed by atoms with Gasteiger partial charge >= 0.3 is 0 Å². The van der Waals surface area contributed by atoms with E-state index in [1.807, 2.05) is 27.7 Å². The van der Waals surface area contributed by atoms with Gasteiger partial charge in [0.15, 0.2) is 0 Å². The Labute approximate surface area is 119 Å². The van der Waals surface area contributed by atoms with Crippen molar-refractivity contribution in [3.05, 3.63) is 11.9 Å². The van der Waals surface area contributed by atoms with Crippen molar-refractivity contribution in [1.29, 1.82) is 0 Å². The topological polar surface area (TPSA) is 61.2 Å². The molecule has 0 aromatic carbocycles. The minimum Gasteiger partial charge on any atom is -0.372 e. The largest absolute Gasteiger partial charge is 0.372 e. The Hall–Kier alpha value is -0.590. The zero-order valence-corrected chi connectivity index (χ0v) is 13.3. The van der Waals surface area contributed by atoms with Gasteiger partial charge in [0.2, 0.25) is 0 Å². The summed E-state index contributed by atoms with van der Waals surface area (Å²) in [4.78, 5) is 0.0396. The SMILES string of the molecule is CCC(C)OCc1nn(C(C)CC)cc1S(=O)(=O)Cl. The second-order valence-electron chi connectivity index (χ2n) is 4.65. The quantitative estimate of drug-likeness (QED) is 0.726. The molecule has 0 radical (unpaired) electrons. The van der Waals surface area contributed by atoms with Gasteiger partial charge in [0.05, 0.1) is 12.7 Å². The summed E-state index contributed by atoms with van der Waals surface area (Å²) in [6.45, 7) is 8.06. The van der Waals surface area contributed by atoms with Gasteiger partial charge in [-0.2, -0.15) is 5.10 Å². The molecule has 0 fully saturated rings. The van der Waals surface area contributed by atoms with E-state index in [2.05, 4.69) is 5.10 Å². The van der Waals surface area contributed by atoms with Gasteiger partial charge in [-0.05, 0) is 26.7 Å². The molecule has 1 aromatic heterocycles. The highest BCUT2D eigenvalue weighted by Gasteiger charge is 2.22. The normalized spacial score (nSPS) is 15.4. The Morgan fingerprint density at radius 2 is 2.00 bits per heavy atom. The number of hydrogen-bond donors (Lipinski definition) is 0. The molecule has 1 aromatic rings. The fourth-order valence-corrected chi connectivity index (χ4v) is 2.47. The summed E-state index contributed by atoms with van der Waals surface area (Å²) in [6.07, 6.45) is 3.25. The molecule has 0 spiro atoms. The molecule has 0 saturated carbocycles. The van der Waals surface area contributed by atoms with Crippen molar-refractivity contribution in [2.24, 2.45) is 0 Å². The Kier molecular flexibility index (Phi) is 5.82. The van der Waals surface area contributed by atoms with Crippen molar-refractivity contribution >= 4 is 19.7 Å². The maximum absolute atomic E-state index is 11.5. The molecule has 5 nitrogen and oxygen atoms in total. The molecule has 0 saturated heterocycles.